The molecule has 2 aromatic heterocycles. The van der Waals surface area contributed by atoms with Crippen LogP contribution in [0.4, 0.5) is 0 Å². The van der Waals surface area contributed by atoms with Crippen molar-refractivity contribution in [3.05, 3.63) is 45.1 Å². The highest BCUT2D eigenvalue weighted by atomic mass is 79.9. The molecule has 9 nitrogen and oxygen atoms in total. The number of benzene rings is 1. The van der Waals surface area contributed by atoms with E-state index in [1.165, 1.54) is 11.7 Å². The molecule has 0 spiro atoms. The van der Waals surface area contributed by atoms with Crippen molar-refractivity contribution in [3.63, 3.8) is 0 Å². The van der Waals surface area contributed by atoms with Crippen LogP contribution in [0.2, 0.25) is 0 Å². The molecule has 0 saturated heterocycles. The normalized spacial score (nSPS) is 10.8. The number of halogens is 1. The van der Waals surface area contributed by atoms with Crippen LogP contribution in [-0.4, -0.2) is 50.7 Å². The molecule has 3 aromatic rings. The van der Waals surface area contributed by atoms with Gasteiger partial charge in [0.25, 0.3) is 0 Å². The number of nitrogens with one attached hydrogen (secondary N) is 1. The van der Waals surface area contributed by atoms with Gasteiger partial charge in [-0.25, -0.2) is 0 Å². The molecule has 0 saturated carbocycles. The smallest absolute Gasteiger partial charge is 0.302 e. The first-order valence-electron chi connectivity index (χ1n) is 8.80. The summed E-state index contributed by atoms with van der Waals surface area (Å²) in [4.78, 5) is 28.5. The van der Waals surface area contributed by atoms with Gasteiger partial charge >= 0.3 is 5.97 Å². The topological polar surface area (TPSA) is 112 Å². The molecule has 0 aliphatic rings. The van der Waals surface area contributed by atoms with E-state index >= 15 is 0 Å². The van der Waals surface area contributed by atoms with Crippen LogP contribution < -0.4 is 4.74 Å². The number of ether oxygens (including phenoxy) is 2. The number of nitrogens with zero attached hydrogens (tertiary/aromatic N) is 4. The molecule has 0 fully saturated rings. The van der Waals surface area contributed by atoms with Gasteiger partial charge in [-0.2, -0.15) is 4.80 Å². The molecule has 29 heavy (non-hydrogen) atoms. The van der Waals surface area contributed by atoms with Crippen LogP contribution in [0.15, 0.2) is 22.7 Å². The minimum Gasteiger partial charge on any atom is -0.496 e. The van der Waals surface area contributed by atoms with Gasteiger partial charge in [-0.1, -0.05) is 0 Å². The Labute approximate surface area is 175 Å². The number of H-pyrrole nitrogens is 1. The molecule has 152 valence electrons. The molecule has 0 aliphatic carbocycles. The third-order valence-corrected chi connectivity index (χ3v) is 4.97. The molecule has 0 atom stereocenters. The zero-order valence-electron chi connectivity index (χ0n) is 16.4. The molecule has 0 amide bonds. The van der Waals surface area contributed by atoms with Gasteiger partial charge < -0.3 is 14.5 Å². The van der Waals surface area contributed by atoms with Crippen LogP contribution in [-0.2, 0) is 16.1 Å². The maximum atomic E-state index is 13.1. The summed E-state index contributed by atoms with van der Waals surface area (Å²) in [6, 6.07) is 5.20. The van der Waals surface area contributed by atoms with Crippen molar-refractivity contribution in [2.45, 2.75) is 27.3 Å². The quantitative estimate of drug-likeness (QED) is 0.425. The van der Waals surface area contributed by atoms with Gasteiger partial charge in [0, 0.05) is 23.7 Å². The Morgan fingerprint density at radius 2 is 2.03 bits per heavy atom. The number of ketones is 1. The number of tetrazole rings is 1. The molecular formula is C19H20BrN5O4. The maximum Gasteiger partial charge on any atom is 0.302 e. The molecule has 1 aromatic carbocycles. The Bertz CT molecular complexity index is 1070. The number of hydrogen-bond donors (Lipinski definition) is 1. The van der Waals surface area contributed by atoms with Crippen LogP contribution in [0.1, 0.15) is 34.1 Å². The number of rotatable bonds is 7. The molecule has 3 rings (SSSR count). The second-order valence-electron chi connectivity index (χ2n) is 6.35. The fraction of sp³-hybridized carbons (Fsp3) is 0.316. The number of hydrogen-bond acceptors (Lipinski definition) is 7. The highest BCUT2D eigenvalue weighted by molar-refractivity contribution is 9.10. The van der Waals surface area contributed by atoms with E-state index in [9.17, 15) is 9.59 Å². The van der Waals surface area contributed by atoms with Crippen molar-refractivity contribution in [3.8, 4) is 17.3 Å². The van der Waals surface area contributed by atoms with Crippen LogP contribution >= 0.6 is 15.9 Å². The summed E-state index contributed by atoms with van der Waals surface area (Å²) < 4.78 is 10.8. The molecule has 0 radical (unpaired) electrons. The number of carbonyl (C=O) groups excluding carboxylic acids is 2. The summed E-state index contributed by atoms with van der Waals surface area (Å²) in [6.07, 6.45) is 0. The second-order valence-corrected chi connectivity index (χ2v) is 7.21. The SMILES string of the molecule is COc1ccc(C(=O)c2c(C)[nH]c(-c3nnn(CCOC(C)=O)n3)c2C)cc1Br. The van der Waals surface area contributed by atoms with Gasteiger partial charge in [-0.3, -0.25) is 9.59 Å². The van der Waals surface area contributed by atoms with E-state index < -0.39 is 0 Å². The van der Waals surface area contributed by atoms with Crippen molar-refractivity contribution in [1.82, 2.24) is 25.2 Å². The predicted molar refractivity (Wildman–Crippen MR) is 108 cm³/mol. The van der Waals surface area contributed by atoms with E-state index in [1.54, 1.807) is 25.3 Å². The number of esters is 1. The minimum absolute atomic E-state index is 0.117. The summed E-state index contributed by atoms with van der Waals surface area (Å²) in [5.41, 5.74) is 3.17. The molecule has 0 unspecified atom stereocenters. The Kier molecular flexibility index (Phi) is 6.12. The van der Waals surface area contributed by atoms with Crippen molar-refractivity contribution in [2.24, 2.45) is 0 Å². The first-order chi connectivity index (χ1) is 13.8. The first-order valence-corrected chi connectivity index (χ1v) is 9.60. The lowest BCUT2D eigenvalue weighted by atomic mass is 9.99. The highest BCUT2D eigenvalue weighted by Gasteiger charge is 2.23. The van der Waals surface area contributed by atoms with Gasteiger partial charge in [0.05, 0.1) is 23.8 Å². The average molecular weight is 462 g/mol. The number of carbonyl (C=O) groups is 2. The summed E-state index contributed by atoms with van der Waals surface area (Å²) in [7, 11) is 1.57. The average Bonchev–Trinajstić information content (AvgIpc) is 3.25. The zero-order valence-corrected chi connectivity index (χ0v) is 18.0. The van der Waals surface area contributed by atoms with Crippen LogP contribution in [0.5, 0.6) is 5.75 Å². The minimum atomic E-state index is -0.366. The number of aromatic amines is 1. The predicted octanol–water partition coefficient (Wildman–Crippen LogP) is 2.85. The Morgan fingerprint density at radius 3 is 2.69 bits per heavy atom. The van der Waals surface area contributed by atoms with Crippen LogP contribution in [0.3, 0.4) is 0 Å². The van der Waals surface area contributed by atoms with E-state index in [2.05, 4.69) is 36.3 Å². The highest BCUT2D eigenvalue weighted by Crippen LogP contribution is 2.30. The Hall–Kier alpha value is -3.01. The van der Waals surface area contributed by atoms with E-state index in [-0.39, 0.29) is 24.9 Å². The number of aromatic nitrogens is 5. The van der Waals surface area contributed by atoms with Crippen LogP contribution in [0, 0.1) is 13.8 Å². The molecule has 10 heteroatoms. The van der Waals surface area contributed by atoms with E-state index in [4.69, 9.17) is 9.47 Å². The zero-order chi connectivity index (χ0) is 21.1. The third-order valence-electron chi connectivity index (χ3n) is 4.35. The third kappa shape index (κ3) is 4.37. The lowest BCUT2D eigenvalue weighted by molar-refractivity contribution is -0.141. The molecule has 2 heterocycles. The van der Waals surface area contributed by atoms with E-state index in [0.717, 1.165) is 5.56 Å². The number of methoxy groups -OCH3 is 1. The van der Waals surface area contributed by atoms with E-state index in [0.29, 0.717) is 38.6 Å². The summed E-state index contributed by atoms with van der Waals surface area (Å²) in [5.74, 6) is 0.533. The lowest BCUT2D eigenvalue weighted by Gasteiger charge is -2.06. The molecular weight excluding hydrogens is 442 g/mol. The first kappa shape index (κ1) is 20.7. The fourth-order valence-electron chi connectivity index (χ4n) is 2.98. The van der Waals surface area contributed by atoms with Gasteiger partial charge in [-0.15, -0.1) is 10.2 Å². The maximum absolute atomic E-state index is 13.1. The number of aryl methyl sites for hydroxylation is 1. The summed E-state index contributed by atoms with van der Waals surface area (Å²) in [6.45, 7) is 5.45. The van der Waals surface area contributed by atoms with Gasteiger partial charge in [-0.05, 0) is 58.8 Å². The summed E-state index contributed by atoms with van der Waals surface area (Å²) >= 11 is 3.41. The molecule has 1 N–H and O–H groups in total. The van der Waals surface area contributed by atoms with Crippen LogP contribution in [0.25, 0.3) is 11.5 Å². The van der Waals surface area contributed by atoms with Crippen molar-refractivity contribution in [1.29, 1.82) is 0 Å². The van der Waals surface area contributed by atoms with E-state index in [1.807, 2.05) is 13.8 Å². The lowest BCUT2D eigenvalue weighted by Crippen LogP contribution is -2.11. The molecule has 0 bridgehead atoms. The standard InChI is InChI=1S/C19H20BrN5O4/c1-10-16(18(27)13-5-6-15(28-4)14(20)9-13)11(2)21-17(10)19-22-24-25(23-19)7-8-29-12(3)26/h5-6,9,21H,7-8H2,1-4H3. The monoisotopic (exact) mass is 461 g/mol. The second kappa shape index (κ2) is 8.56. The van der Waals surface area contributed by atoms with Gasteiger partial charge in [0.2, 0.25) is 5.82 Å². The molecule has 0 aliphatic heterocycles. The van der Waals surface area contributed by atoms with Gasteiger partial charge in [0.15, 0.2) is 5.78 Å². The van der Waals surface area contributed by atoms with Crippen molar-refractivity contribution in [2.75, 3.05) is 13.7 Å². The largest absolute Gasteiger partial charge is 0.496 e. The fourth-order valence-corrected chi connectivity index (χ4v) is 3.52. The summed E-state index contributed by atoms with van der Waals surface area (Å²) in [5, 5.41) is 12.3. The Balaban J connectivity index is 1.87. The van der Waals surface area contributed by atoms with Gasteiger partial charge in [0.1, 0.15) is 12.4 Å². The van der Waals surface area contributed by atoms with Crippen molar-refractivity contribution >= 4 is 27.7 Å². The Morgan fingerprint density at radius 1 is 1.28 bits per heavy atom. The van der Waals surface area contributed by atoms with Crippen molar-refractivity contribution < 1.29 is 19.1 Å².